The van der Waals surface area contributed by atoms with E-state index in [1.807, 2.05) is 21.1 Å². The Balaban J connectivity index is 3.88. The Labute approximate surface area is 449 Å². The third-order valence-electron chi connectivity index (χ3n) is 12.7. The molecule has 0 rings (SSSR count). The lowest BCUT2D eigenvalue weighted by Gasteiger charge is -2.26. The average Bonchev–Trinajstić information content (AvgIpc) is 3.36. The lowest BCUT2D eigenvalue weighted by Crippen LogP contribution is -2.44. The fourth-order valence-corrected chi connectivity index (χ4v) is 8.11. The van der Waals surface area contributed by atoms with Gasteiger partial charge in [0.15, 0.2) is 12.4 Å². The Morgan fingerprint density at radius 3 is 1.16 bits per heavy atom. The lowest BCUT2D eigenvalue weighted by molar-refractivity contribution is -0.870. The number of carboxylic acids is 1. The van der Waals surface area contributed by atoms with E-state index >= 15 is 0 Å². The molecule has 0 amide bonds. The Morgan fingerprint density at radius 1 is 0.425 bits per heavy atom. The summed E-state index contributed by atoms with van der Waals surface area (Å²) < 4.78 is 22.5. The van der Waals surface area contributed by atoms with Gasteiger partial charge in [0.05, 0.1) is 40.3 Å². The maximum absolute atomic E-state index is 12.8. The summed E-state index contributed by atoms with van der Waals surface area (Å²) in [4.78, 5) is 36.9. The van der Waals surface area contributed by atoms with E-state index in [4.69, 9.17) is 18.9 Å². The van der Waals surface area contributed by atoms with Crippen molar-refractivity contribution in [1.82, 2.24) is 0 Å². The topological polar surface area (TPSA) is 111 Å². The van der Waals surface area contributed by atoms with Crippen molar-refractivity contribution in [1.29, 1.82) is 0 Å². The third kappa shape index (κ3) is 56.0. The standard InChI is InChI=1S/C64H111NO8/c1-6-8-10-12-14-15-16-17-18-19-20-21-22-23-24-25-26-27-28-29-30-31-32-33-34-35-36-37-38-39-40-41-42-43-44-45-46-47-49-51-53-55-62(67)73-60(58-71-61(66)54-52-50-48-13-11-9-7-2)59-72-64(63(68)69)70-57-56-65(3,4)5/h8,10,14-15,17-18,20-21,23-24,26-27,29-30,60,64H,6-7,9,11-13,16,19,22,25,28,31-59H2,1-5H3/b10-8-,15-14-,18-17-,21-20-,24-23-,27-26-,30-29-. The molecule has 0 aromatic heterocycles. The van der Waals surface area contributed by atoms with Crippen LogP contribution in [0.3, 0.4) is 0 Å². The quantitative estimate of drug-likeness (QED) is 0.0195. The molecule has 0 radical (unpaired) electrons. The molecule has 2 unspecified atom stereocenters. The van der Waals surface area contributed by atoms with E-state index < -0.39 is 24.3 Å². The number of quaternary nitrogens is 1. The number of hydrogen-bond donors (Lipinski definition) is 0. The summed E-state index contributed by atoms with van der Waals surface area (Å²) in [5, 5.41) is 11.7. The molecule has 0 aromatic rings. The summed E-state index contributed by atoms with van der Waals surface area (Å²) in [5.41, 5.74) is 0. The van der Waals surface area contributed by atoms with Gasteiger partial charge in [0.2, 0.25) is 0 Å². The molecule has 9 heteroatoms. The van der Waals surface area contributed by atoms with Crippen LogP contribution >= 0.6 is 0 Å². The molecule has 9 nitrogen and oxygen atoms in total. The molecule has 0 aliphatic heterocycles. The molecule has 0 saturated heterocycles. The van der Waals surface area contributed by atoms with E-state index in [1.54, 1.807) is 0 Å². The van der Waals surface area contributed by atoms with Gasteiger partial charge in [-0.05, 0) is 70.6 Å². The van der Waals surface area contributed by atoms with Crippen molar-refractivity contribution in [3.8, 4) is 0 Å². The van der Waals surface area contributed by atoms with Gasteiger partial charge in [-0.2, -0.15) is 0 Å². The van der Waals surface area contributed by atoms with Crippen molar-refractivity contribution in [3.63, 3.8) is 0 Å². The molecule has 0 saturated carbocycles. The van der Waals surface area contributed by atoms with Crippen molar-refractivity contribution < 1.29 is 42.9 Å². The minimum absolute atomic E-state index is 0.148. The summed E-state index contributed by atoms with van der Waals surface area (Å²) in [6.45, 7) is 4.58. The number of carbonyl (C=O) groups is 3. The van der Waals surface area contributed by atoms with E-state index in [1.165, 1.54) is 135 Å². The van der Waals surface area contributed by atoms with Crippen molar-refractivity contribution in [2.24, 2.45) is 0 Å². The molecule has 0 fully saturated rings. The number of allylic oxidation sites excluding steroid dienone is 14. The SMILES string of the molecule is CC/C=C\C/C=C\C/C=C\C/C=C\C/C=C\C/C=C\C/C=C\CCCCCCCCCCCCCCCCCCCCCC(=O)OC(COC(=O)CCCCCCCCC)COC(OCC[N+](C)(C)C)C(=O)[O-]. The molecule has 0 aliphatic carbocycles. The monoisotopic (exact) mass is 1020 g/mol. The van der Waals surface area contributed by atoms with Crippen LogP contribution in [0.4, 0.5) is 0 Å². The van der Waals surface area contributed by atoms with Crippen LogP contribution in [0.1, 0.15) is 245 Å². The number of rotatable bonds is 54. The van der Waals surface area contributed by atoms with E-state index in [9.17, 15) is 19.5 Å². The third-order valence-corrected chi connectivity index (χ3v) is 12.7. The number of hydrogen-bond acceptors (Lipinski definition) is 8. The van der Waals surface area contributed by atoms with Gasteiger partial charge in [0.1, 0.15) is 13.2 Å². The zero-order valence-corrected chi connectivity index (χ0v) is 47.7. The number of esters is 2. The predicted octanol–water partition coefficient (Wildman–Crippen LogP) is 16.2. The fraction of sp³-hybridized carbons (Fsp3) is 0.734. The number of carbonyl (C=O) groups excluding carboxylic acids is 3. The van der Waals surface area contributed by atoms with Gasteiger partial charge in [-0.1, -0.05) is 247 Å². The van der Waals surface area contributed by atoms with E-state index in [0.29, 0.717) is 23.9 Å². The van der Waals surface area contributed by atoms with Gasteiger partial charge >= 0.3 is 11.9 Å². The van der Waals surface area contributed by atoms with Crippen LogP contribution in [0.25, 0.3) is 0 Å². The second kappa shape index (κ2) is 54.7. The minimum Gasteiger partial charge on any atom is -0.545 e. The second-order valence-electron chi connectivity index (χ2n) is 20.9. The molecule has 73 heavy (non-hydrogen) atoms. The summed E-state index contributed by atoms with van der Waals surface area (Å²) in [7, 11) is 5.91. The van der Waals surface area contributed by atoms with E-state index in [-0.39, 0.29) is 32.2 Å². The number of nitrogens with zero attached hydrogens (tertiary/aromatic N) is 1. The molecular formula is C64H111NO8. The highest BCUT2D eigenvalue weighted by Gasteiger charge is 2.22. The summed E-state index contributed by atoms with van der Waals surface area (Å²) in [5.74, 6) is -2.28. The first-order chi connectivity index (χ1) is 35.6. The van der Waals surface area contributed by atoms with E-state index in [2.05, 4.69) is 98.9 Å². The molecule has 0 aromatic carbocycles. The second-order valence-corrected chi connectivity index (χ2v) is 20.9. The van der Waals surface area contributed by atoms with Crippen LogP contribution in [-0.2, 0) is 33.3 Å². The van der Waals surface area contributed by atoms with Crippen molar-refractivity contribution >= 4 is 17.9 Å². The first kappa shape index (κ1) is 69.5. The highest BCUT2D eigenvalue weighted by atomic mass is 16.7. The van der Waals surface area contributed by atoms with Gasteiger partial charge in [-0.25, -0.2) is 0 Å². The maximum Gasteiger partial charge on any atom is 0.306 e. The Bertz CT molecular complexity index is 1470. The molecule has 0 heterocycles. The Hall–Kier alpha value is -3.53. The number of carboxylic acid groups (broad SMARTS) is 1. The maximum atomic E-state index is 12.8. The van der Waals surface area contributed by atoms with Gasteiger partial charge in [-0.15, -0.1) is 0 Å². The van der Waals surface area contributed by atoms with Gasteiger partial charge in [0, 0.05) is 12.8 Å². The van der Waals surface area contributed by atoms with Crippen molar-refractivity contribution in [3.05, 3.63) is 85.1 Å². The number of likely N-dealkylation sites (N-methyl/N-ethyl adjacent to an activating group) is 1. The van der Waals surface area contributed by atoms with E-state index in [0.717, 1.165) is 77.0 Å². The van der Waals surface area contributed by atoms with Crippen LogP contribution in [0.5, 0.6) is 0 Å². The highest BCUT2D eigenvalue weighted by Crippen LogP contribution is 2.16. The molecule has 2 atom stereocenters. The number of unbranched alkanes of at least 4 members (excludes halogenated alkanes) is 25. The minimum atomic E-state index is -1.62. The molecule has 0 aliphatic rings. The number of aliphatic carboxylic acids is 1. The summed E-state index contributed by atoms with van der Waals surface area (Å²) in [6.07, 6.45) is 69.8. The van der Waals surface area contributed by atoms with Crippen LogP contribution in [0, 0.1) is 0 Å². The first-order valence-corrected chi connectivity index (χ1v) is 29.7. The molecule has 420 valence electrons. The number of ether oxygens (including phenoxy) is 4. The van der Waals surface area contributed by atoms with Gasteiger partial charge < -0.3 is 33.3 Å². The largest absolute Gasteiger partial charge is 0.545 e. The molecule has 0 bridgehead atoms. The van der Waals surface area contributed by atoms with Crippen LogP contribution < -0.4 is 5.11 Å². The van der Waals surface area contributed by atoms with Gasteiger partial charge in [-0.3, -0.25) is 9.59 Å². The normalized spacial score (nSPS) is 13.4. The zero-order valence-electron chi connectivity index (χ0n) is 47.7. The average molecular weight is 1020 g/mol. The highest BCUT2D eigenvalue weighted by molar-refractivity contribution is 5.70. The predicted molar refractivity (Wildman–Crippen MR) is 306 cm³/mol. The Kier molecular flexibility index (Phi) is 52.1. The molecule has 0 spiro atoms. The van der Waals surface area contributed by atoms with Crippen LogP contribution in [0.2, 0.25) is 0 Å². The molecule has 0 N–H and O–H groups in total. The summed E-state index contributed by atoms with van der Waals surface area (Å²) >= 11 is 0. The lowest BCUT2D eigenvalue weighted by atomic mass is 10.0. The van der Waals surface area contributed by atoms with Crippen LogP contribution in [-0.4, -0.2) is 82.3 Å². The van der Waals surface area contributed by atoms with Crippen molar-refractivity contribution in [2.75, 3.05) is 47.5 Å². The fourth-order valence-electron chi connectivity index (χ4n) is 8.11. The van der Waals surface area contributed by atoms with Gasteiger partial charge in [0.25, 0.3) is 0 Å². The first-order valence-electron chi connectivity index (χ1n) is 29.7. The van der Waals surface area contributed by atoms with Crippen LogP contribution in [0.15, 0.2) is 85.1 Å². The summed E-state index contributed by atoms with van der Waals surface area (Å²) in [6, 6.07) is 0. The zero-order chi connectivity index (χ0) is 53.4. The smallest absolute Gasteiger partial charge is 0.306 e. The Morgan fingerprint density at radius 2 is 0.781 bits per heavy atom. The molecular weight excluding hydrogens is 911 g/mol. The van der Waals surface area contributed by atoms with Crippen molar-refractivity contribution in [2.45, 2.75) is 257 Å².